The van der Waals surface area contributed by atoms with E-state index < -0.39 is 32.3 Å². The Bertz CT molecular complexity index is 1800. The van der Waals surface area contributed by atoms with Crippen molar-refractivity contribution in [3.05, 3.63) is 108 Å². The van der Waals surface area contributed by atoms with Gasteiger partial charge in [0.1, 0.15) is 11.5 Å². The number of furan rings is 1. The van der Waals surface area contributed by atoms with Crippen molar-refractivity contribution >= 4 is 38.0 Å². The number of carbonyl (C=O) groups excluding carboxylic acids is 4. The molecule has 0 saturated carbocycles. The smallest absolute Gasteiger partial charge is 0.431 e. The number of ether oxygens (including phenoxy) is 1. The molecule has 1 heterocycles. The minimum absolute atomic E-state index is 0.0353. The van der Waals surface area contributed by atoms with Crippen LogP contribution in [0.5, 0.6) is 5.75 Å². The molecule has 4 aromatic rings. The zero-order valence-electron chi connectivity index (χ0n) is 33.4. The summed E-state index contributed by atoms with van der Waals surface area (Å²) in [5.74, 6) is -0.582. The van der Waals surface area contributed by atoms with Crippen LogP contribution in [0.2, 0.25) is 0 Å². The van der Waals surface area contributed by atoms with E-state index in [4.69, 9.17) is 23.0 Å². The van der Waals surface area contributed by atoms with Gasteiger partial charge in [-0.05, 0) is 75.1 Å². The predicted octanol–water partition coefficient (Wildman–Crippen LogP) is 8.00. The molecule has 0 aliphatic rings. The van der Waals surface area contributed by atoms with Crippen molar-refractivity contribution in [3.8, 4) is 17.1 Å². The topological polar surface area (TPSA) is 158 Å². The molecule has 3 N–H and O–H groups in total. The van der Waals surface area contributed by atoms with E-state index in [1.807, 2.05) is 92.7 Å². The van der Waals surface area contributed by atoms with Crippen molar-refractivity contribution in [2.24, 2.45) is 5.92 Å². The van der Waals surface area contributed by atoms with E-state index in [0.29, 0.717) is 56.1 Å². The van der Waals surface area contributed by atoms with Crippen molar-refractivity contribution in [3.63, 3.8) is 0 Å². The van der Waals surface area contributed by atoms with Crippen LogP contribution in [-0.4, -0.2) is 54.7 Å². The maximum absolute atomic E-state index is 13.5. The number of unbranched alkanes of at least 4 members (excludes halogenated alkanes) is 2. The summed E-state index contributed by atoms with van der Waals surface area (Å²) >= 11 is 0. The molecule has 0 bridgehead atoms. The Morgan fingerprint density at radius 3 is 2.09 bits per heavy atom. The molecule has 13 nitrogen and oxygen atoms in total. The highest BCUT2D eigenvalue weighted by Crippen LogP contribution is 2.42. The molecular weight excluding hydrogens is 747 g/mol. The quantitative estimate of drug-likeness (QED) is 0.0210. The summed E-state index contributed by atoms with van der Waals surface area (Å²) in [4.78, 5) is 56.4. The lowest BCUT2D eigenvalue weighted by Gasteiger charge is -2.32. The third-order valence-corrected chi connectivity index (χ3v) is 10.2. The third-order valence-electron chi connectivity index (χ3n) is 8.79. The van der Waals surface area contributed by atoms with Crippen LogP contribution < -0.4 is 26.0 Å². The van der Waals surface area contributed by atoms with Gasteiger partial charge in [0.05, 0.1) is 38.4 Å². The van der Waals surface area contributed by atoms with Crippen LogP contribution in [-0.2, 0) is 36.7 Å². The zero-order chi connectivity index (χ0) is 41.0. The number of rotatable bonds is 24. The number of hydrogen-bond acceptors (Lipinski definition) is 9. The van der Waals surface area contributed by atoms with Crippen molar-refractivity contribution in [2.75, 3.05) is 13.3 Å². The monoisotopic (exact) mass is 802 g/mol. The Kier molecular flexibility index (Phi) is 18.5. The first-order chi connectivity index (χ1) is 27.6. The summed E-state index contributed by atoms with van der Waals surface area (Å²) in [6.07, 6.45) is 2.96. The summed E-state index contributed by atoms with van der Waals surface area (Å²) in [6.45, 7) is 10.2. The summed E-state index contributed by atoms with van der Waals surface area (Å²) in [5.41, 5.74) is 2.67. The van der Waals surface area contributed by atoms with Gasteiger partial charge in [-0.15, -0.1) is 0 Å². The van der Waals surface area contributed by atoms with Gasteiger partial charge in [0.2, 0.25) is 20.7 Å². The van der Waals surface area contributed by atoms with E-state index in [1.165, 1.54) is 0 Å². The van der Waals surface area contributed by atoms with Crippen molar-refractivity contribution in [2.45, 2.75) is 92.0 Å². The Labute approximate surface area is 336 Å². The van der Waals surface area contributed by atoms with E-state index in [1.54, 1.807) is 26.0 Å². The largest absolute Gasteiger partial charge is 0.494 e. The number of nitrogens with one attached hydrogen (secondary N) is 3. The van der Waals surface area contributed by atoms with Gasteiger partial charge in [-0.3, -0.25) is 14.4 Å². The lowest BCUT2D eigenvalue weighted by molar-refractivity contribution is -0.169. The average molecular weight is 803 g/mol. The Hall–Kier alpha value is -5.23. The molecule has 2 atom stereocenters. The van der Waals surface area contributed by atoms with Gasteiger partial charge < -0.3 is 39.0 Å². The second-order valence-electron chi connectivity index (χ2n) is 13.5. The molecule has 0 fully saturated rings. The van der Waals surface area contributed by atoms with E-state index in [2.05, 4.69) is 22.9 Å². The fourth-order valence-corrected chi connectivity index (χ4v) is 7.39. The van der Waals surface area contributed by atoms with Crippen molar-refractivity contribution < 1.29 is 42.2 Å². The van der Waals surface area contributed by atoms with Gasteiger partial charge in [-0.2, -0.15) is 5.06 Å². The average Bonchev–Trinajstić information content (AvgIpc) is 3.71. The number of amides is 4. The molecule has 3 aromatic carbocycles. The maximum atomic E-state index is 13.5. The first-order valence-electron chi connectivity index (χ1n) is 19.4. The highest BCUT2D eigenvalue weighted by Gasteiger charge is 2.33. The number of carbonyl (C=O) groups is 4. The summed E-state index contributed by atoms with van der Waals surface area (Å²) in [7, 11) is -1.58. The number of benzene rings is 3. The molecule has 306 valence electrons. The van der Waals surface area contributed by atoms with Crippen LogP contribution in [0.3, 0.4) is 0 Å². The van der Waals surface area contributed by atoms with Crippen LogP contribution in [0.1, 0.15) is 88.4 Å². The second kappa shape index (κ2) is 23.7. The molecule has 4 rings (SSSR count). The molecule has 4 amide bonds. The van der Waals surface area contributed by atoms with E-state index in [-0.39, 0.29) is 24.4 Å². The normalized spacial score (nSPS) is 12.1. The molecule has 0 saturated heterocycles. The summed E-state index contributed by atoms with van der Waals surface area (Å²) in [5, 5.41) is 9.70. The number of hydrogen-bond donors (Lipinski definition) is 3. The maximum Gasteiger partial charge on any atom is 0.431 e. The second-order valence-corrected chi connectivity index (χ2v) is 15.1. The van der Waals surface area contributed by atoms with Gasteiger partial charge >= 0.3 is 6.09 Å². The van der Waals surface area contributed by atoms with Crippen LogP contribution in [0, 0.1) is 5.92 Å². The van der Waals surface area contributed by atoms with Gasteiger partial charge in [0.25, 0.3) is 5.91 Å². The molecule has 14 heteroatoms. The molecule has 1 aromatic heterocycles. The Morgan fingerprint density at radius 2 is 1.51 bits per heavy atom. The van der Waals surface area contributed by atoms with E-state index in [9.17, 15) is 19.2 Å². The standard InChI is InChI=1S/C43H55N4O9P/c1-6-9-12-21-37(38(7-2)47(30-48)56-43(51)46-31(4)5)41(49)44-29-45-42(50)40-23-22-39(55-40)34-24-35(52-8-3)26-36(25-34)57(53-27-32-17-13-10-14-18-32)54-28-33-19-15-11-16-20-33/h10-11,13-20,22-26,30-31,37-38H,6-9,12,21,27-29H2,1-5H3,(H,44,49)(H,45,50)(H,46,51). The van der Waals surface area contributed by atoms with Crippen LogP contribution >= 0.6 is 8.38 Å². The number of hydroxylamine groups is 2. The summed E-state index contributed by atoms with van der Waals surface area (Å²) < 4.78 is 24.8. The molecule has 57 heavy (non-hydrogen) atoms. The Morgan fingerprint density at radius 1 is 0.842 bits per heavy atom. The molecule has 0 aliphatic carbocycles. The predicted molar refractivity (Wildman–Crippen MR) is 219 cm³/mol. The minimum atomic E-state index is -1.58. The van der Waals surface area contributed by atoms with Crippen LogP contribution in [0.4, 0.5) is 4.79 Å². The van der Waals surface area contributed by atoms with Gasteiger partial charge in [0.15, 0.2) is 5.76 Å². The molecule has 2 unspecified atom stereocenters. The molecule has 0 radical (unpaired) electrons. The highest BCUT2D eigenvalue weighted by atomic mass is 31.2. The van der Waals surface area contributed by atoms with E-state index in [0.717, 1.165) is 40.8 Å². The minimum Gasteiger partial charge on any atom is -0.494 e. The van der Waals surface area contributed by atoms with Crippen molar-refractivity contribution in [1.82, 2.24) is 21.0 Å². The van der Waals surface area contributed by atoms with Crippen molar-refractivity contribution in [1.29, 1.82) is 0 Å². The van der Waals surface area contributed by atoms with E-state index >= 15 is 0 Å². The van der Waals surface area contributed by atoms with Gasteiger partial charge in [-0.25, -0.2) is 4.79 Å². The first-order valence-corrected chi connectivity index (χ1v) is 20.6. The van der Waals surface area contributed by atoms with Crippen LogP contribution in [0.25, 0.3) is 11.3 Å². The highest BCUT2D eigenvalue weighted by molar-refractivity contribution is 7.56. The fraction of sp³-hybridized carbons (Fsp3) is 0.395. The lowest BCUT2D eigenvalue weighted by Crippen LogP contribution is -2.50. The first kappa shape index (κ1) is 44.5. The lowest BCUT2D eigenvalue weighted by atomic mass is 9.90. The van der Waals surface area contributed by atoms with Crippen LogP contribution in [0.15, 0.2) is 95.4 Å². The molecule has 0 spiro atoms. The zero-order valence-corrected chi connectivity index (χ0v) is 34.3. The van der Waals surface area contributed by atoms with Gasteiger partial charge in [0, 0.05) is 16.9 Å². The summed E-state index contributed by atoms with van der Waals surface area (Å²) in [6, 6.07) is 27.7. The molecular formula is C43H55N4O9P. The Balaban J connectivity index is 1.47. The SMILES string of the molecule is CCCCCC(C(=O)NCNC(=O)c1ccc(-c2cc(OCC)cc(P(OCc3ccccc3)OCc3ccccc3)c2)o1)C(CC)N(C=O)OC(=O)NC(C)C. The third kappa shape index (κ3) is 14.3. The number of nitrogens with zero attached hydrogens (tertiary/aromatic N) is 1. The fourth-order valence-electron chi connectivity index (χ4n) is 6.01. The molecule has 0 aliphatic heterocycles. The van der Waals surface area contributed by atoms with Gasteiger partial charge in [-0.1, -0.05) is 93.8 Å².